The lowest BCUT2D eigenvalue weighted by molar-refractivity contribution is -0.142. The number of carbonyl (C=O) groups is 1. The summed E-state index contributed by atoms with van der Waals surface area (Å²) >= 11 is 5.35. The van der Waals surface area contributed by atoms with E-state index in [-0.39, 0.29) is 52.3 Å². The third-order valence-corrected chi connectivity index (χ3v) is 3.51. The zero-order chi connectivity index (χ0) is 16.0. The highest BCUT2D eigenvalue weighted by Gasteiger charge is 2.31. The van der Waals surface area contributed by atoms with Crippen LogP contribution in [-0.2, 0) is 21.8 Å². The number of nitriles is 1. The zero-order valence-corrected chi connectivity index (χ0v) is 12.5. The molecule has 0 aliphatic heterocycles. The molecular formula is C13H11ClF3NO2S. The summed E-state index contributed by atoms with van der Waals surface area (Å²) in [5.74, 6) is -0.777. The van der Waals surface area contributed by atoms with Gasteiger partial charge in [0.2, 0.25) is 0 Å². The molecule has 21 heavy (non-hydrogen) atoms. The average molecular weight is 338 g/mol. The van der Waals surface area contributed by atoms with Crippen molar-refractivity contribution in [1.29, 1.82) is 5.26 Å². The summed E-state index contributed by atoms with van der Waals surface area (Å²) in [7, 11) is 0. The van der Waals surface area contributed by atoms with Crippen molar-refractivity contribution in [2.75, 3.05) is 6.61 Å². The lowest BCUT2D eigenvalue weighted by Gasteiger charge is -2.14. The number of carbonyl (C=O) groups excluding carboxylic acids is 1. The Balaban J connectivity index is 3.25. The van der Waals surface area contributed by atoms with Crippen LogP contribution in [0.15, 0.2) is 17.0 Å². The van der Waals surface area contributed by atoms with Crippen LogP contribution in [0, 0.1) is 11.3 Å². The summed E-state index contributed by atoms with van der Waals surface area (Å²) in [5, 5.41) is 8.90. The second-order valence-corrected chi connectivity index (χ2v) is 5.26. The maximum atomic E-state index is 12.6. The van der Waals surface area contributed by atoms with Gasteiger partial charge in [0.1, 0.15) is 0 Å². The molecule has 0 aliphatic carbocycles. The molecule has 0 heterocycles. The van der Waals surface area contributed by atoms with Gasteiger partial charge >= 0.3 is 11.5 Å². The van der Waals surface area contributed by atoms with E-state index in [2.05, 4.69) is 0 Å². The van der Waals surface area contributed by atoms with Crippen LogP contribution in [0.4, 0.5) is 13.2 Å². The summed E-state index contributed by atoms with van der Waals surface area (Å²) in [5.41, 5.74) is -4.01. The van der Waals surface area contributed by atoms with E-state index in [0.29, 0.717) is 0 Å². The first-order chi connectivity index (χ1) is 9.80. The van der Waals surface area contributed by atoms with E-state index in [4.69, 9.17) is 21.6 Å². The van der Waals surface area contributed by atoms with Gasteiger partial charge in [0.05, 0.1) is 24.7 Å². The van der Waals surface area contributed by atoms with E-state index in [1.165, 1.54) is 6.07 Å². The molecule has 0 aliphatic rings. The molecule has 0 bridgehead atoms. The molecule has 0 N–H and O–H groups in total. The molecule has 0 fully saturated rings. The number of rotatable bonds is 5. The quantitative estimate of drug-likeness (QED) is 0.462. The molecule has 0 saturated carbocycles. The molecule has 0 aromatic heterocycles. The maximum Gasteiger partial charge on any atom is 0.446 e. The van der Waals surface area contributed by atoms with Gasteiger partial charge in [-0.05, 0) is 41.9 Å². The number of thioether (sulfide) groups is 1. The number of esters is 1. The Morgan fingerprint density at radius 3 is 2.62 bits per heavy atom. The molecule has 8 heteroatoms. The van der Waals surface area contributed by atoms with Crippen molar-refractivity contribution in [3.8, 4) is 6.07 Å². The van der Waals surface area contributed by atoms with Crippen LogP contribution in [0.1, 0.15) is 23.6 Å². The summed E-state index contributed by atoms with van der Waals surface area (Å²) in [6, 6.07) is 4.25. The Morgan fingerprint density at radius 2 is 2.14 bits per heavy atom. The molecule has 0 atom stereocenters. The van der Waals surface area contributed by atoms with Crippen LogP contribution in [0.2, 0.25) is 0 Å². The smallest absolute Gasteiger partial charge is 0.446 e. The monoisotopic (exact) mass is 337 g/mol. The SMILES string of the molecule is CCOC(=O)Cc1cc(C#N)cc(SC(F)(F)F)c1CCl. The molecule has 0 unspecified atom stereocenters. The molecule has 3 nitrogen and oxygen atoms in total. The fraction of sp³-hybridized carbons (Fsp3) is 0.385. The summed E-state index contributed by atoms with van der Waals surface area (Å²) in [4.78, 5) is 11.3. The van der Waals surface area contributed by atoms with Crippen LogP contribution in [0.5, 0.6) is 0 Å². The Bertz CT molecular complexity index is 570. The number of hydrogen-bond donors (Lipinski definition) is 0. The molecule has 0 spiro atoms. The van der Waals surface area contributed by atoms with E-state index in [0.717, 1.165) is 6.07 Å². The fourth-order valence-corrected chi connectivity index (χ4v) is 2.82. The van der Waals surface area contributed by atoms with Crippen molar-refractivity contribution < 1.29 is 22.7 Å². The molecular weight excluding hydrogens is 327 g/mol. The van der Waals surface area contributed by atoms with Crippen molar-refractivity contribution in [2.24, 2.45) is 0 Å². The van der Waals surface area contributed by atoms with Gasteiger partial charge in [0.15, 0.2) is 0 Å². The van der Waals surface area contributed by atoms with Gasteiger partial charge in [-0.1, -0.05) is 0 Å². The first kappa shape index (κ1) is 17.7. The minimum atomic E-state index is -4.50. The second kappa shape index (κ2) is 7.57. The highest BCUT2D eigenvalue weighted by molar-refractivity contribution is 8.00. The van der Waals surface area contributed by atoms with Crippen molar-refractivity contribution in [3.05, 3.63) is 28.8 Å². The standard InChI is InChI=1S/C13H11ClF3NO2S/c1-2-20-12(19)5-9-3-8(7-18)4-11(10(9)6-14)21-13(15,16)17/h3-4H,2,5-6H2,1H3. The van der Waals surface area contributed by atoms with Crippen LogP contribution in [0.3, 0.4) is 0 Å². The number of halogens is 4. The third-order valence-electron chi connectivity index (χ3n) is 2.43. The minimum Gasteiger partial charge on any atom is -0.466 e. The largest absolute Gasteiger partial charge is 0.466 e. The molecule has 1 rings (SSSR count). The number of hydrogen-bond acceptors (Lipinski definition) is 4. The van der Waals surface area contributed by atoms with Crippen LogP contribution < -0.4 is 0 Å². The predicted molar refractivity (Wildman–Crippen MR) is 73.0 cm³/mol. The van der Waals surface area contributed by atoms with Crippen LogP contribution in [-0.4, -0.2) is 18.1 Å². The van der Waals surface area contributed by atoms with Crippen molar-refractivity contribution in [2.45, 2.75) is 29.6 Å². The highest BCUT2D eigenvalue weighted by Crippen LogP contribution is 2.40. The summed E-state index contributed by atoms with van der Waals surface area (Å²) in [6.07, 6.45) is -0.225. The Hall–Kier alpha value is -1.39. The summed E-state index contributed by atoms with van der Waals surface area (Å²) in [6.45, 7) is 1.79. The number of alkyl halides is 4. The van der Waals surface area contributed by atoms with Gasteiger partial charge in [0.25, 0.3) is 0 Å². The van der Waals surface area contributed by atoms with E-state index in [1.807, 2.05) is 0 Å². The van der Waals surface area contributed by atoms with Gasteiger partial charge in [-0.25, -0.2) is 0 Å². The number of ether oxygens (including phenoxy) is 1. The van der Waals surface area contributed by atoms with Crippen LogP contribution >= 0.6 is 23.4 Å². The molecule has 0 radical (unpaired) electrons. The molecule has 1 aromatic carbocycles. The first-order valence-corrected chi connectivity index (χ1v) is 7.19. The maximum absolute atomic E-state index is 12.6. The first-order valence-electron chi connectivity index (χ1n) is 5.84. The summed E-state index contributed by atoms with van der Waals surface area (Å²) < 4.78 is 42.4. The Labute approximate surface area is 129 Å². The predicted octanol–water partition coefficient (Wildman–Crippen LogP) is 4.01. The van der Waals surface area contributed by atoms with E-state index in [1.54, 1.807) is 13.0 Å². The third kappa shape index (κ3) is 5.48. The fourth-order valence-electron chi connectivity index (χ4n) is 1.66. The van der Waals surface area contributed by atoms with Crippen molar-refractivity contribution >= 4 is 29.3 Å². The highest BCUT2D eigenvalue weighted by atomic mass is 35.5. The molecule has 0 saturated heterocycles. The molecule has 1 aromatic rings. The van der Waals surface area contributed by atoms with Gasteiger partial charge in [0, 0.05) is 10.8 Å². The van der Waals surface area contributed by atoms with Gasteiger partial charge in [-0.15, -0.1) is 11.6 Å². The van der Waals surface area contributed by atoms with E-state index < -0.39 is 11.5 Å². The molecule has 114 valence electrons. The van der Waals surface area contributed by atoms with E-state index in [9.17, 15) is 18.0 Å². The van der Waals surface area contributed by atoms with Gasteiger partial charge < -0.3 is 4.74 Å². The lowest BCUT2D eigenvalue weighted by atomic mass is 10.0. The van der Waals surface area contributed by atoms with Crippen LogP contribution in [0.25, 0.3) is 0 Å². The van der Waals surface area contributed by atoms with Crippen molar-refractivity contribution in [1.82, 2.24) is 0 Å². The number of nitrogens with zero attached hydrogens (tertiary/aromatic N) is 1. The topological polar surface area (TPSA) is 50.1 Å². The lowest BCUT2D eigenvalue weighted by Crippen LogP contribution is -2.10. The molecule has 0 amide bonds. The van der Waals surface area contributed by atoms with Gasteiger partial charge in [-0.2, -0.15) is 18.4 Å². The average Bonchev–Trinajstić information content (AvgIpc) is 2.36. The van der Waals surface area contributed by atoms with Gasteiger partial charge in [-0.3, -0.25) is 4.79 Å². The zero-order valence-electron chi connectivity index (χ0n) is 11.0. The Kier molecular flexibility index (Phi) is 6.37. The minimum absolute atomic E-state index is 0.0370. The second-order valence-electron chi connectivity index (χ2n) is 3.89. The van der Waals surface area contributed by atoms with E-state index >= 15 is 0 Å². The van der Waals surface area contributed by atoms with Crippen molar-refractivity contribution in [3.63, 3.8) is 0 Å². The normalized spacial score (nSPS) is 11.0. The number of benzene rings is 1. The Morgan fingerprint density at radius 1 is 1.48 bits per heavy atom.